The molecule has 0 spiro atoms. The highest BCUT2D eigenvalue weighted by molar-refractivity contribution is 5.76. The van der Waals surface area contributed by atoms with Gasteiger partial charge in [-0.25, -0.2) is 0 Å². The summed E-state index contributed by atoms with van der Waals surface area (Å²) in [6.07, 6.45) is 78.8. The lowest BCUT2D eigenvalue weighted by Gasteiger charge is -2.22. The van der Waals surface area contributed by atoms with E-state index < -0.39 is 12.1 Å². The monoisotopic (exact) mass is 1030 g/mol. The third kappa shape index (κ3) is 59.2. The number of nitrogens with one attached hydrogen (secondary N) is 1. The Bertz CT molecular complexity index is 1180. The summed E-state index contributed by atoms with van der Waals surface area (Å²) in [5.74, 6) is -0.0420. The molecule has 0 aliphatic carbocycles. The normalized spacial score (nSPS) is 12.8. The number of esters is 1. The summed E-state index contributed by atoms with van der Waals surface area (Å²) in [7, 11) is 0. The quantitative estimate of drug-likeness (QED) is 0.0320. The minimum absolute atomic E-state index is 0.00358. The number of ether oxygens (including phenoxy) is 1. The van der Waals surface area contributed by atoms with Crippen LogP contribution in [0.2, 0.25) is 0 Å². The zero-order valence-electron chi connectivity index (χ0n) is 49.1. The van der Waals surface area contributed by atoms with Crippen LogP contribution >= 0.6 is 0 Å². The summed E-state index contributed by atoms with van der Waals surface area (Å²) in [6, 6.07) is -0.547. The average molecular weight is 1030 g/mol. The van der Waals surface area contributed by atoms with Crippen LogP contribution in [0.3, 0.4) is 0 Å². The molecule has 0 aliphatic rings. The molecule has 1 amide bonds. The number of unbranched alkanes of at least 4 members (excludes halogenated alkanes) is 44. The highest BCUT2D eigenvalue weighted by Gasteiger charge is 2.20. The Kier molecular flexibility index (Phi) is 61.0. The standard InChI is InChI=1S/C67H127NO5/c1-3-5-7-9-11-13-15-17-18-19-20-26-29-32-36-39-43-47-51-55-59-65(70)64(63-69)68-66(71)60-56-52-48-44-40-37-33-30-27-24-22-21-23-25-28-31-34-38-42-46-50-54-58-62-73-67(72)61-57-53-49-45-41-35-16-14-12-10-8-6-4-2/h8,10,14,16,24,27,64-65,69-70H,3-7,9,11-13,15,17-23,25-26,28-63H2,1-2H3,(H,68,71)/b10-8-,16-14-,27-24-. The largest absolute Gasteiger partial charge is 0.466 e. The number of carbonyl (C=O) groups excluding carboxylic acids is 2. The number of amides is 1. The molecular weight excluding hydrogens is 899 g/mol. The SMILES string of the molecule is CCC/C=C\C/C=C\CCCCCCCC(=O)OCCCCCCCCCCCCCC/C=C\CCCCCCCCCC(=O)NC(CO)C(O)CCCCCCCCCCCCCCCCCCCCCC. The van der Waals surface area contributed by atoms with E-state index in [9.17, 15) is 19.8 Å². The Labute approximate surface area is 455 Å². The molecule has 0 bridgehead atoms. The van der Waals surface area contributed by atoms with Crippen LogP contribution in [0, 0.1) is 0 Å². The third-order valence-electron chi connectivity index (χ3n) is 15.1. The van der Waals surface area contributed by atoms with Crippen molar-refractivity contribution in [2.24, 2.45) is 0 Å². The molecule has 6 nitrogen and oxygen atoms in total. The van der Waals surface area contributed by atoms with Crippen LogP contribution in [-0.2, 0) is 14.3 Å². The molecule has 2 atom stereocenters. The molecule has 0 aromatic rings. The average Bonchev–Trinajstić information content (AvgIpc) is 3.39. The van der Waals surface area contributed by atoms with Gasteiger partial charge < -0.3 is 20.3 Å². The summed E-state index contributed by atoms with van der Waals surface area (Å²) in [4.78, 5) is 24.6. The lowest BCUT2D eigenvalue weighted by molar-refractivity contribution is -0.143. The highest BCUT2D eigenvalue weighted by atomic mass is 16.5. The van der Waals surface area contributed by atoms with Crippen LogP contribution in [0.15, 0.2) is 36.5 Å². The van der Waals surface area contributed by atoms with Crippen molar-refractivity contribution in [3.63, 3.8) is 0 Å². The summed E-state index contributed by atoms with van der Waals surface area (Å²) in [5.41, 5.74) is 0. The molecule has 6 heteroatoms. The molecule has 0 aromatic carbocycles. The maximum absolute atomic E-state index is 12.5. The first kappa shape index (κ1) is 71.1. The van der Waals surface area contributed by atoms with E-state index >= 15 is 0 Å². The fourth-order valence-electron chi connectivity index (χ4n) is 10.1. The van der Waals surface area contributed by atoms with E-state index in [2.05, 4.69) is 55.6 Å². The van der Waals surface area contributed by atoms with Crippen molar-refractivity contribution in [2.45, 2.75) is 366 Å². The van der Waals surface area contributed by atoms with E-state index in [1.54, 1.807) is 0 Å². The lowest BCUT2D eigenvalue weighted by atomic mass is 10.0. The second kappa shape index (κ2) is 62.6. The second-order valence-electron chi connectivity index (χ2n) is 22.4. The maximum Gasteiger partial charge on any atom is 0.305 e. The van der Waals surface area contributed by atoms with Gasteiger partial charge in [-0.05, 0) is 77.0 Å². The molecule has 0 aliphatic heterocycles. The zero-order chi connectivity index (χ0) is 52.9. The molecule has 0 heterocycles. The lowest BCUT2D eigenvalue weighted by Crippen LogP contribution is -2.45. The molecule has 0 rings (SSSR count). The predicted molar refractivity (Wildman–Crippen MR) is 319 cm³/mol. The Morgan fingerprint density at radius 3 is 1.11 bits per heavy atom. The second-order valence-corrected chi connectivity index (χ2v) is 22.4. The van der Waals surface area contributed by atoms with E-state index in [-0.39, 0.29) is 18.5 Å². The first-order chi connectivity index (χ1) is 36.0. The zero-order valence-corrected chi connectivity index (χ0v) is 49.1. The number of rotatable bonds is 61. The molecule has 0 saturated heterocycles. The fourth-order valence-corrected chi connectivity index (χ4v) is 10.1. The van der Waals surface area contributed by atoms with Gasteiger partial charge in [-0.15, -0.1) is 0 Å². The summed E-state index contributed by atoms with van der Waals surface area (Å²) in [5, 5.41) is 23.4. The number of hydrogen-bond donors (Lipinski definition) is 3. The number of carbonyl (C=O) groups is 2. The van der Waals surface area contributed by atoms with Crippen molar-refractivity contribution in [1.29, 1.82) is 0 Å². The van der Waals surface area contributed by atoms with Gasteiger partial charge in [0.1, 0.15) is 0 Å². The van der Waals surface area contributed by atoms with Gasteiger partial charge >= 0.3 is 5.97 Å². The van der Waals surface area contributed by atoms with Gasteiger partial charge in [-0.2, -0.15) is 0 Å². The topological polar surface area (TPSA) is 95.9 Å². The Balaban J connectivity index is 3.42. The Hall–Kier alpha value is -1.92. The van der Waals surface area contributed by atoms with E-state index in [4.69, 9.17) is 4.74 Å². The molecule has 0 aromatic heterocycles. The smallest absolute Gasteiger partial charge is 0.305 e. The fraction of sp³-hybridized carbons (Fsp3) is 0.881. The van der Waals surface area contributed by atoms with Crippen molar-refractivity contribution in [1.82, 2.24) is 5.32 Å². The van der Waals surface area contributed by atoms with Gasteiger partial charge in [0.05, 0.1) is 25.4 Å². The van der Waals surface area contributed by atoms with Crippen LogP contribution in [0.1, 0.15) is 354 Å². The molecule has 0 saturated carbocycles. The molecule has 0 fully saturated rings. The summed E-state index contributed by atoms with van der Waals surface area (Å²) in [6.45, 7) is 4.90. The first-order valence-corrected chi connectivity index (χ1v) is 32.7. The third-order valence-corrected chi connectivity index (χ3v) is 15.1. The number of hydrogen-bond acceptors (Lipinski definition) is 5. The Morgan fingerprint density at radius 2 is 0.712 bits per heavy atom. The number of aliphatic hydroxyl groups is 2. The molecular formula is C67H127NO5. The van der Waals surface area contributed by atoms with Crippen LogP contribution < -0.4 is 5.32 Å². The van der Waals surface area contributed by atoms with Gasteiger partial charge in [-0.3, -0.25) is 9.59 Å². The van der Waals surface area contributed by atoms with Crippen LogP contribution in [-0.4, -0.2) is 47.4 Å². The van der Waals surface area contributed by atoms with E-state index in [0.717, 1.165) is 51.4 Å². The number of allylic oxidation sites excluding steroid dienone is 6. The van der Waals surface area contributed by atoms with E-state index in [1.165, 1.54) is 270 Å². The van der Waals surface area contributed by atoms with E-state index in [0.29, 0.717) is 25.9 Å². The van der Waals surface area contributed by atoms with E-state index in [1.807, 2.05) is 0 Å². The predicted octanol–water partition coefficient (Wildman–Crippen LogP) is 20.8. The van der Waals surface area contributed by atoms with Crippen LogP contribution in [0.25, 0.3) is 0 Å². The van der Waals surface area contributed by atoms with Gasteiger partial charge in [0.2, 0.25) is 5.91 Å². The van der Waals surface area contributed by atoms with Crippen molar-refractivity contribution in [2.75, 3.05) is 13.2 Å². The molecule has 0 radical (unpaired) electrons. The highest BCUT2D eigenvalue weighted by Crippen LogP contribution is 2.18. The van der Waals surface area contributed by atoms with Gasteiger partial charge in [0, 0.05) is 12.8 Å². The van der Waals surface area contributed by atoms with Gasteiger partial charge in [-0.1, -0.05) is 301 Å². The summed E-state index contributed by atoms with van der Waals surface area (Å²) < 4.78 is 5.47. The van der Waals surface area contributed by atoms with Gasteiger partial charge in [0.25, 0.3) is 0 Å². The van der Waals surface area contributed by atoms with Crippen molar-refractivity contribution in [3.05, 3.63) is 36.5 Å². The Morgan fingerprint density at radius 1 is 0.384 bits per heavy atom. The van der Waals surface area contributed by atoms with Crippen molar-refractivity contribution in [3.8, 4) is 0 Å². The molecule has 2 unspecified atom stereocenters. The van der Waals surface area contributed by atoms with Crippen LogP contribution in [0.4, 0.5) is 0 Å². The maximum atomic E-state index is 12.5. The molecule has 3 N–H and O–H groups in total. The minimum Gasteiger partial charge on any atom is -0.466 e. The molecule has 73 heavy (non-hydrogen) atoms. The van der Waals surface area contributed by atoms with Crippen LogP contribution in [0.5, 0.6) is 0 Å². The van der Waals surface area contributed by atoms with Crippen molar-refractivity contribution < 1.29 is 24.5 Å². The first-order valence-electron chi connectivity index (χ1n) is 32.7. The van der Waals surface area contributed by atoms with Gasteiger partial charge in [0.15, 0.2) is 0 Å². The summed E-state index contributed by atoms with van der Waals surface area (Å²) >= 11 is 0. The minimum atomic E-state index is -0.669. The molecule has 430 valence electrons. The van der Waals surface area contributed by atoms with Crippen molar-refractivity contribution >= 4 is 11.9 Å². The number of aliphatic hydroxyl groups excluding tert-OH is 2.